The van der Waals surface area contributed by atoms with Crippen molar-refractivity contribution in [3.05, 3.63) is 88.6 Å². The maximum Gasteiger partial charge on any atom is 0.271 e. The summed E-state index contributed by atoms with van der Waals surface area (Å²) in [6.45, 7) is 0.941. The van der Waals surface area contributed by atoms with Gasteiger partial charge in [-0.15, -0.1) is 0 Å². The fourth-order valence-electron chi connectivity index (χ4n) is 2.43. The molecule has 1 heterocycles. The Labute approximate surface area is 161 Å². The second kappa shape index (κ2) is 9.09. The third-order valence-electron chi connectivity index (χ3n) is 3.91. The normalized spacial score (nSPS) is 10.4. The van der Waals surface area contributed by atoms with Crippen LogP contribution >= 0.6 is 11.6 Å². The molecule has 138 valence electrons. The van der Waals surface area contributed by atoms with Gasteiger partial charge in [0.2, 0.25) is 0 Å². The Hall–Kier alpha value is -2.99. The Morgan fingerprint density at radius 3 is 2.52 bits per heavy atom. The molecule has 5 nitrogen and oxygen atoms in total. The van der Waals surface area contributed by atoms with Crippen LogP contribution in [0.15, 0.2) is 60.9 Å². The van der Waals surface area contributed by atoms with Crippen molar-refractivity contribution in [2.24, 2.45) is 0 Å². The van der Waals surface area contributed by atoms with Crippen LogP contribution in [0.25, 0.3) is 0 Å². The number of carbonyl (C=O) groups excluding carboxylic acids is 1. The van der Waals surface area contributed by atoms with Gasteiger partial charge in [0, 0.05) is 18.1 Å². The number of hydrogen-bond donors (Lipinski definition) is 2. The van der Waals surface area contributed by atoms with Crippen molar-refractivity contribution in [1.29, 1.82) is 0 Å². The molecule has 0 unspecified atom stereocenters. The van der Waals surface area contributed by atoms with Gasteiger partial charge < -0.3 is 10.6 Å². The summed E-state index contributed by atoms with van der Waals surface area (Å²) in [5, 5.41) is 6.57. The monoisotopic (exact) mass is 384 g/mol. The molecule has 0 fully saturated rings. The Balaban J connectivity index is 1.48. The summed E-state index contributed by atoms with van der Waals surface area (Å²) in [5.74, 6) is -0.0265. The predicted octanol–water partition coefficient (Wildman–Crippen LogP) is 3.85. The highest BCUT2D eigenvalue weighted by Crippen LogP contribution is 2.16. The summed E-state index contributed by atoms with van der Waals surface area (Å²) >= 11 is 6.11. The van der Waals surface area contributed by atoms with Crippen molar-refractivity contribution in [2.75, 3.05) is 11.9 Å². The zero-order valence-corrected chi connectivity index (χ0v) is 15.2. The van der Waals surface area contributed by atoms with Gasteiger partial charge in [-0.1, -0.05) is 41.9 Å². The van der Waals surface area contributed by atoms with Gasteiger partial charge in [0.05, 0.1) is 12.4 Å². The molecule has 0 aliphatic carbocycles. The molecule has 1 aromatic heterocycles. The van der Waals surface area contributed by atoms with Gasteiger partial charge >= 0.3 is 0 Å². The zero-order valence-electron chi connectivity index (χ0n) is 14.5. The van der Waals surface area contributed by atoms with Gasteiger partial charge in [0.25, 0.3) is 5.91 Å². The average molecular weight is 385 g/mol. The minimum Gasteiger partial charge on any atom is -0.365 e. The third kappa shape index (κ3) is 5.49. The highest BCUT2D eigenvalue weighted by atomic mass is 35.5. The van der Waals surface area contributed by atoms with Crippen LogP contribution in [0.5, 0.6) is 0 Å². The maximum atomic E-state index is 12.9. The number of aromatic nitrogens is 2. The van der Waals surface area contributed by atoms with Crippen LogP contribution in [0.2, 0.25) is 5.02 Å². The summed E-state index contributed by atoms with van der Waals surface area (Å²) in [5.41, 5.74) is 2.13. The maximum absolute atomic E-state index is 12.9. The third-order valence-corrected chi connectivity index (χ3v) is 4.28. The molecule has 0 aliphatic heterocycles. The van der Waals surface area contributed by atoms with E-state index < -0.39 is 0 Å². The fraction of sp³-hybridized carbons (Fsp3) is 0.150. The summed E-state index contributed by atoms with van der Waals surface area (Å²) in [6.07, 6.45) is 3.53. The first-order valence-corrected chi connectivity index (χ1v) is 8.81. The Kier molecular flexibility index (Phi) is 6.33. The molecule has 0 atom stereocenters. The van der Waals surface area contributed by atoms with Crippen LogP contribution in [-0.2, 0) is 13.0 Å². The van der Waals surface area contributed by atoms with E-state index in [4.69, 9.17) is 11.6 Å². The van der Waals surface area contributed by atoms with Crippen LogP contribution in [0, 0.1) is 5.82 Å². The van der Waals surface area contributed by atoms with E-state index in [0.717, 1.165) is 11.1 Å². The SMILES string of the molecule is O=C(NCCc1ccc(F)cc1)c1cnc(NCc2ccccc2Cl)cn1. The van der Waals surface area contributed by atoms with E-state index in [1.54, 1.807) is 12.1 Å². The smallest absolute Gasteiger partial charge is 0.271 e. The largest absolute Gasteiger partial charge is 0.365 e. The molecule has 2 aromatic carbocycles. The van der Waals surface area contributed by atoms with E-state index in [-0.39, 0.29) is 17.4 Å². The highest BCUT2D eigenvalue weighted by molar-refractivity contribution is 6.31. The van der Waals surface area contributed by atoms with Crippen molar-refractivity contribution in [3.63, 3.8) is 0 Å². The lowest BCUT2D eigenvalue weighted by atomic mass is 10.1. The quantitative estimate of drug-likeness (QED) is 0.649. The van der Waals surface area contributed by atoms with Crippen LogP contribution in [0.1, 0.15) is 21.6 Å². The minimum atomic E-state index is -0.303. The van der Waals surface area contributed by atoms with Crippen LogP contribution in [0.3, 0.4) is 0 Å². The fourth-order valence-corrected chi connectivity index (χ4v) is 2.63. The molecule has 7 heteroatoms. The molecule has 0 saturated heterocycles. The van der Waals surface area contributed by atoms with Gasteiger partial charge in [-0.25, -0.2) is 14.4 Å². The standard InChI is InChI=1S/C20H18ClFN4O/c21-17-4-2-1-3-15(17)11-25-19-13-24-18(12-26-19)20(27)23-10-9-14-5-7-16(22)8-6-14/h1-8,12-13H,9-11H2,(H,23,27)(H,25,26). The molecule has 27 heavy (non-hydrogen) atoms. The molecule has 3 rings (SSSR count). The number of carbonyl (C=O) groups is 1. The topological polar surface area (TPSA) is 66.9 Å². The number of amides is 1. The first-order chi connectivity index (χ1) is 13.1. The predicted molar refractivity (Wildman–Crippen MR) is 103 cm³/mol. The number of nitrogens with one attached hydrogen (secondary N) is 2. The first kappa shape index (κ1) is 18.8. The molecule has 1 amide bonds. The summed E-state index contributed by atoms with van der Waals surface area (Å²) in [4.78, 5) is 20.4. The second-order valence-electron chi connectivity index (χ2n) is 5.86. The van der Waals surface area contributed by atoms with E-state index in [1.165, 1.54) is 24.5 Å². The highest BCUT2D eigenvalue weighted by Gasteiger charge is 2.08. The van der Waals surface area contributed by atoms with Crippen molar-refractivity contribution >= 4 is 23.3 Å². The van der Waals surface area contributed by atoms with Gasteiger partial charge in [0.1, 0.15) is 17.3 Å². The van der Waals surface area contributed by atoms with Crippen molar-refractivity contribution < 1.29 is 9.18 Å². The lowest BCUT2D eigenvalue weighted by Gasteiger charge is -2.08. The lowest BCUT2D eigenvalue weighted by molar-refractivity contribution is 0.0949. The number of rotatable bonds is 7. The molecular weight excluding hydrogens is 367 g/mol. The lowest BCUT2D eigenvalue weighted by Crippen LogP contribution is -2.26. The minimum absolute atomic E-state index is 0.234. The molecule has 3 aromatic rings. The van der Waals surface area contributed by atoms with Crippen molar-refractivity contribution in [1.82, 2.24) is 15.3 Å². The Bertz CT molecular complexity index is 901. The first-order valence-electron chi connectivity index (χ1n) is 8.44. The molecule has 0 aliphatic rings. The van der Waals surface area contributed by atoms with Crippen molar-refractivity contribution in [3.8, 4) is 0 Å². The van der Waals surface area contributed by atoms with Gasteiger partial charge in [0.15, 0.2) is 0 Å². The second-order valence-corrected chi connectivity index (χ2v) is 6.27. The van der Waals surface area contributed by atoms with E-state index in [9.17, 15) is 9.18 Å². The number of hydrogen-bond acceptors (Lipinski definition) is 4. The van der Waals surface area contributed by atoms with E-state index in [1.807, 2.05) is 24.3 Å². The van der Waals surface area contributed by atoms with Crippen LogP contribution < -0.4 is 10.6 Å². The molecule has 0 radical (unpaired) electrons. The molecular formula is C20H18ClFN4O. The number of anilines is 1. The summed E-state index contributed by atoms with van der Waals surface area (Å²) in [7, 11) is 0. The van der Waals surface area contributed by atoms with Gasteiger partial charge in [-0.2, -0.15) is 0 Å². The Morgan fingerprint density at radius 1 is 1.04 bits per heavy atom. The van der Waals surface area contributed by atoms with E-state index >= 15 is 0 Å². The number of halogens is 2. The van der Waals surface area contributed by atoms with Gasteiger partial charge in [-0.3, -0.25) is 4.79 Å². The van der Waals surface area contributed by atoms with E-state index in [2.05, 4.69) is 20.6 Å². The molecule has 0 spiro atoms. The molecule has 0 saturated carbocycles. The summed E-state index contributed by atoms with van der Waals surface area (Å²) in [6, 6.07) is 13.7. The van der Waals surface area contributed by atoms with Crippen molar-refractivity contribution in [2.45, 2.75) is 13.0 Å². The average Bonchev–Trinajstić information content (AvgIpc) is 2.69. The Morgan fingerprint density at radius 2 is 1.81 bits per heavy atom. The molecule has 0 bridgehead atoms. The number of nitrogens with zero attached hydrogens (tertiary/aromatic N) is 2. The van der Waals surface area contributed by atoms with Crippen LogP contribution in [0.4, 0.5) is 10.2 Å². The van der Waals surface area contributed by atoms with E-state index in [0.29, 0.717) is 30.4 Å². The number of benzene rings is 2. The molecule has 2 N–H and O–H groups in total. The van der Waals surface area contributed by atoms with Crippen LogP contribution in [-0.4, -0.2) is 22.4 Å². The zero-order chi connectivity index (χ0) is 19.1. The van der Waals surface area contributed by atoms with Gasteiger partial charge in [-0.05, 0) is 35.7 Å². The summed E-state index contributed by atoms with van der Waals surface area (Å²) < 4.78 is 12.9.